The lowest BCUT2D eigenvalue weighted by Crippen LogP contribution is -2.31. The van der Waals surface area contributed by atoms with Crippen molar-refractivity contribution in [1.82, 2.24) is 14.9 Å². The fourth-order valence-corrected chi connectivity index (χ4v) is 4.05. The van der Waals surface area contributed by atoms with E-state index in [1.807, 2.05) is 56.1 Å². The summed E-state index contributed by atoms with van der Waals surface area (Å²) in [7, 11) is 1.84. The van der Waals surface area contributed by atoms with Crippen LogP contribution in [0.2, 0.25) is 0 Å². The normalized spacial score (nSPS) is 12.2. The SMILES string of the molecule is CN1C(=O)CCc2cc(OCCCN(CCc3cccnc3)Cc3cccnc3)ccc21.Cl.Cl.Cl. The molecule has 4 rings (SSSR count). The van der Waals surface area contributed by atoms with Gasteiger partial charge in [-0.25, -0.2) is 0 Å². The second kappa shape index (κ2) is 15.6. The van der Waals surface area contributed by atoms with E-state index in [2.05, 4.69) is 33.1 Å². The van der Waals surface area contributed by atoms with Crippen LogP contribution in [-0.4, -0.2) is 47.5 Å². The molecule has 9 heteroatoms. The molecule has 0 saturated heterocycles. The molecule has 1 aliphatic rings. The number of nitrogens with zero attached hydrogens (tertiary/aromatic N) is 4. The minimum absolute atomic E-state index is 0. The van der Waals surface area contributed by atoms with Crippen LogP contribution < -0.4 is 9.64 Å². The molecule has 0 unspecified atom stereocenters. The van der Waals surface area contributed by atoms with Gasteiger partial charge in [-0.2, -0.15) is 0 Å². The van der Waals surface area contributed by atoms with E-state index in [1.54, 1.807) is 4.90 Å². The number of hydrogen-bond donors (Lipinski definition) is 0. The van der Waals surface area contributed by atoms with Crippen molar-refractivity contribution in [1.29, 1.82) is 0 Å². The number of carbonyl (C=O) groups is 1. The topological polar surface area (TPSA) is 58.6 Å². The van der Waals surface area contributed by atoms with Crippen molar-refractivity contribution in [3.63, 3.8) is 0 Å². The summed E-state index contributed by atoms with van der Waals surface area (Å²) >= 11 is 0. The molecule has 2 aromatic heterocycles. The molecule has 0 saturated carbocycles. The number of carbonyl (C=O) groups excluding carboxylic acids is 1. The Kier molecular flexibility index (Phi) is 13.6. The Balaban J connectivity index is 0.00000204. The van der Waals surface area contributed by atoms with E-state index in [1.165, 1.54) is 16.7 Å². The largest absolute Gasteiger partial charge is 0.494 e. The van der Waals surface area contributed by atoms with E-state index in [-0.39, 0.29) is 43.1 Å². The summed E-state index contributed by atoms with van der Waals surface area (Å²) in [6.07, 6.45) is 10.7. The Morgan fingerprint density at radius 3 is 2.34 bits per heavy atom. The third-order valence-electron chi connectivity index (χ3n) is 5.85. The predicted molar refractivity (Wildman–Crippen MR) is 147 cm³/mol. The third kappa shape index (κ3) is 8.97. The molecule has 3 aromatic rings. The maximum Gasteiger partial charge on any atom is 0.227 e. The van der Waals surface area contributed by atoms with Crippen LogP contribution in [0.25, 0.3) is 0 Å². The van der Waals surface area contributed by atoms with Crippen LogP contribution in [0.1, 0.15) is 29.5 Å². The maximum absolute atomic E-state index is 11.9. The Hall–Kier alpha value is -2.38. The van der Waals surface area contributed by atoms with E-state index in [0.717, 1.165) is 50.3 Å². The van der Waals surface area contributed by atoms with Gasteiger partial charge in [-0.1, -0.05) is 12.1 Å². The van der Waals surface area contributed by atoms with E-state index in [0.29, 0.717) is 13.0 Å². The molecule has 0 atom stereocenters. The number of amides is 1. The van der Waals surface area contributed by atoms with Crippen LogP contribution in [0.4, 0.5) is 5.69 Å². The molecule has 0 spiro atoms. The van der Waals surface area contributed by atoms with Gasteiger partial charge >= 0.3 is 0 Å². The Morgan fingerprint density at radius 2 is 1.66 bits per heavy atom. The summed E-state index contributed by atoms with van der Waals surface area (Å²) in [5, 5.41) is 0. The summed E-state index contributed by atoms with van der Waals surface area (Å²) in [6.45, 7) is 3.43. The van der Waals surface area contributed by atoms with Crippen molar-refractivity contribution < 1.29 is 9.53 Å². The van der Waals surface area contributed by atoms with Gasteiger partial charge in [-0.3, -0.25) is 19.7 Å². The highest BCUT2D eigenvalue weighted by Crippen LogP contribution is 2.30. The molecule has 0 bridgehead atoms. The van der Waals surface area contributed by atoms with Crippen LogP contribution >= 0.6 is 37.2 Å². The second-order valence-corrected chi connectivity index (χ2v) is 8.19. The summed E-state index contributed by atoms with van der Waals surface area (Å²) in [5.41, 5.74) is 4.64. The van der Waals surface area contributed by atoms with E-state index in [9.17, 15) is 4.79 Å². The van der Waals surface area contributed by atoms with Crippen molar-refractivity contribution in [2.24, 2.45) is 0 Å². The first-order valence-electron chi connectivity index (χ1n) is 11.2. The fraction of sp³-hybridized carbons (Fsp3) is 0.346. The highest BCUT2D eigenvalue weighted by molar-refractivity contribution is 5.95. The molecule has 1 aliphatic heterocycles. The molecule has 0 N–H and O–H groups in total. The molecule has 1 aromatic carbocycles. The van der Waals surface area contributed by atoms with Gasteiger partial charge < -0.3 is 9.64 Å². The lowest BCUT2D eigenvalue weighted by atomic mass is 10.0. The number of ether oxygens (including phenoxy) is 1. The van der Waals surface area contributed by atoms with Crippen LogP contribution in [0, 0.1) is 0 Å². The van der Waals surface area contributed by atoms with Crippen LogP contribution in [-0.2, 0) is 24.2 Å². The van der Waals surface area contributed by atoms with Crippen molar-refractivity contribution in [3.8, 4) is 5.75 Å². The van der Waals surface area contributed by atoms with E-state index < -0.39 is 0 Å². The molecule has 6 nitrogen and oxygen atoms in total. The number of fused-ring (bicyclic) bond motifs is 1. The molecule has 1 amide bonds. The number of rotatable bonds is 10. The van der Waals surface area contributed by atoms with Gasteiger partial charge in [0.1, 0.15) is 5.75 Å². The first kappa shape index (κ1) is 30.7. The summed E-state index contributed by atoms with van der Waals surface area (Å²) in [4.78, 5) is 24.5. The number of benzene rings is 1. The molecule has 0 aliphatic carbocycles. The van der Waals surface area contributed by atoms with Gasteiger partial charge in [0, 0.05) is 63.6 Å². The minimum Gasteiger partial charge on any atom is -0.494 e. The second-order valence-electron chi connectivity index (χ2n) is 8.19. The first-order valence-corrected chi connectivity index (χ1v) is 11.2. The van der Waals surface area contributed by atoms with Gasteiger partial charge in [0.25, 0.3) is 0 Å². The fourth-order valence-electron chi connectivity index (χ4n) is 4.05. The van der Waals surface area contributed by atoms with E-state index in [4.69, 9.17) is 4.74 Å². The number of aryl methyl sites for hydroxylation is 1. The Labute approximate surface area is 226 Å². The Morgan fingerprint density at radius 1 is 0.943 bits per heavy atom. The number of anilines is 1. The number of halogens is 3. The van der Waals surface area contributed by atoms with Gasteiger partial charge in [-0.15, -0.1) is 37.2 Å². The molecular weight excluding hydrogens is 507 g/mol. The molecule has 3 heterocycles. The van der Waals surface area contributed by atoms with Crippen LogP contribution in [0.15, 0.2) is 67.3 Å². The van der Waals surface area contributed by atoms with Crippen LogP contribution in [0.3, 0.4) is 0 Å². The van der Waals surface area contributed by atoms with Gasteiger partial charge in [0.2, 0.25) is 5.91 Å². The summed E-state index contributed by atoms with van der Waals surface area (Å²) in [5.74, 6) is 1.05. The lowest BCUT2D eigenvalue weighted by molar-refractivity contribution is -0.118. The minimum atomic E-state index is 0. The maximum atomic E-state index is 11.9. The zero-order valence-corrected chi connectivity index (χ0v) is 22.3. The summed E-state index contributed by atoms with van der Waals surface area (Å²) < 4.78 is 6.05. The average Bonchev–Trinajstić information content (AvgIpc) is 2.84. The monoisotopic (exact) mass is 538 g/mol. The third-order valence-corrected chi connectivity index (χ3v) is 5.85. The van der Waals surface area contributed by atoms with E-state index >= 15 is 0 Å². The smallest absolute Gasteiger partial charge is 0.227 e. The lowest BCUT2D eigenvalue weighted by Gasteiger charge is -2.26. The highest BCUT2D eigenvalue weighted by Gasteiger charge is 2.21. The highest BCUT2D eigenvalue weighted by atomic mass is 35.5. The molecule has 0 fully saturated rings. The average molecular weight is 540 g/mol. The first-order chi connectivity index (χ1) is 15.7. The van der Waals surface area contributed by atoms with Gasteiger partial charge in [-0.05, 0) is 66.3 Å². The Bertz CT molecular complexity index is 1030. The van der Waals surface area contributed by atoms with Crippen molar-refractivity contribution in [2.75, 3.05) is 31.6 Å². The van der Waals surface area contributed by atoms with Crippen molar-refractivity contribution >= 4 is 48.8 Å². The van der Waals surface area contributed by atoms with Crippen molar-refractivity contribution in [3.05, 3.63) is 83.9 Å². The molecule has 35 heavy (non-hydrogen) atoms. The number of pyridine rings is 2. The molecular formula is C26H33Cl3N4O2. The summed E-state index contributed by atoms with van der Waals surface area (Å²) in [6, 6.07) is 14.2. The standard InChI is InChI=1S/C26H30N4O2.3ClH/c1-29-25-9-8-24(17-23(25)7-10-26(29)31)32-16-4-14-30(20-22-6-3-13-28-19-22)15-11-21-5-2-12-27-18-21;;;/h2-3,5-6,8-9,12-13,17-19H,4,7,10-11,14-16,20H2,1H3;3*1H. The van der Waals surface area contributed by atoms with Gasteiger partial charge in [0.05, 0.1) is 6.61 Å². The molecule has 0 radical (unpaired) electrons. The van der Waals surface area contributed by atoms with Gasteiger partial charge in [0.15, 0.2) is 0 Å². The predicted octanol–water partition coefficient (Wildman–Crippen LogP) is 5.16. The number of hydrogen-bond acceptors (Lipinski definition) is 5. The van der Waals surface area contributed by atoms with Crippen LogP contribution in [0.5, 0.6) is 5.75 Å². The number of aromatic nitrogens is 2. The zero-order valence-electron chi connectivity index (χ0n) is 19.8. The molecule has 190 valence electrons. The van der Waals surface area contributed by atoms with Crippen molar-refractivity contribution in [2.45, 2.75) is 32.2 Å². The zero-order chi connectivity index (χ0) is 22.2. The quantitative estimate of drug-likeness (QED) is 0.333.